The molecule has 3 aliphatic heterocycles. The number of para-hydroxylation sites is 1. The number of hydrogen-bond acceptors (Lipinski definition) is 7. The minimum absolute atomic E-state index is 0.0290. The number of halogens is 1. The van der Waals surface area contributed by atoms with Gasteiger partial charge in [-0.3, -0.25) is 14.4 Å². The van der Waals surface area contributed by atoms with Crippen molar-refractivity contribution in [2.24, 2.45) is 11.8 Å². The summed E-state index contributed by atoms with van der Waals surface area (Å²) >= 11 is 5.35. The van der Waals surface area contributed by atoms with E-state index in [1.165, 1.54) is 0 Å². The third-order valence-corrected chi connectivity index (χ3v) is 10.5. The van der Waals surface area contributed by atoms with E-state index in [0.29, 0.717) is 19.4 Å². The summed E-state index contributed by atoms with van der Waals surface area (Å²) < 4.78 is 0.916. The number of benzene rings is 1. The topological polar surface area (TPSA) is 129 Å². The number of nitrogens with zero attached hydrogens (tertiary/aromatic N) is 4. The quantitative estimate of drug-likeness (QED) is 0.385. The zero-order valence-corrected chi connectivity index (χ0v) is 21.8. The molecule has 3 saturated heterocycles. The Morgan fingerprint density at radius 2 is 2.09 bits per heavy atom. The van der Waals surface area contributed by atoms with Gasteiger partial charge >= 0.3 is 0 Å². The lowest BCUT2D eigenvalue weighted by molar-refractivity contribution is -0.140. The van der Waals surface area contributed by atoms with Crippen molar-refractivity contribution >= 4 is 56.4 Å². The highest BCUT2D eigenvalue weighted by molar-refractivity contribution is 9.09. The van der Waals surface area contributed by atoms with Gasteiger partial charge in [0.25, 0.3) is 0 Å². The van der Waals surface area contributed by atoms with Crippen LogP contribution < -0.4 is 10.6 Å². The molecule has 3 N–H and O–H groups in total. The predicted octanol–water partition coefficient (Wildman–Crippen LogP) is 0.878. The van der Waals surface area contributed by atoms with Crippen molar-refractivity contribution in [3.8, 4) is 0 Å². The molecule has 35 heavy (non-hydrogen) atoms. The molecule has 10 nitrogen and oxygen atoms in total. The van der Waals surface area contributed by atoms with Gasteiger partial charge in [-0.2, -0.15) is 0 Å². The zero-order chi connectivity index (χ0) is 24.7. The van der Waals surface area contributed by atoms with Crippen LogP contribution >= 0.6 is 27.7 Å². The number of carbonyl (C=O) groups excluding carboxylic acids is 3. The number of carbonyl (C=O) groups is 3. The second kappa shape index (κ2) is 9.70. The standard InChI is InChI=1S/C23H29BrN6O4S/c1-2-8-25-20(32)16-17-22(34)29(9-5-10-31)19(23(17)11-13(24)18(16)35-23)21(33)26-12-30-15-7-4-3-6-14(15)27-28-30/h3-4,6-7,13,16-19,31H,2,5,8-12H2,1H3,(H,25,32)(H,26,33)/t13?,16-,17-,18-,19?,23?/m0/s1. The molecule has 5 rings (SSSR count). The lowest BCUT2D eigenvalue weighted by Gasteiger charge is -2.35. The molecule has 0 aliphatic carbocycles. The van der Waals surface area contributed by atoms with Gasteiger partial charge in [-0.1, -0.05) is 40.2 Å². The average molecular weight is 565 g/mol. The number of amides is 3. The van der Waals surface area contributed by atoms with E-state index in [4.69, 9.17) is 0 Å². The van der Waals surface area contributed by atoms with Crippen LogP contribution in [0.15, 0.2) is 24.3 Å². The van der Waals surface area contributed by atoms with Crippen LogP contribution in [-0.2, 0) is 21.1 Å². The van der Waals surface area contributed by atoms with E-state index in [-0.39, 0.29) is 47.6 Å². The Balaban J connectivity index is 1.43. The van der Waals surface area contributed by atoms with Crippen molar-refractivity contribution in [2.75, 3.05) is 19.7 Å². The Morgan fingerprint density at radius 3 is 2.86 bits per heavy atom. The molecule has 2 bridgehead atoms. The summed E-state index contributed by atoms with van der Waals surface area (Å²) in [4.78, 5) is 42.2. The van der Waals surface area contributed by atoms with Gasteiger partial charge in [-0.25, -0.2) is 4.68 Å². The largest absolute Gasteiger partial charge is 0.396 e. The van der Waals surface area contributed by atoms with Crippen molar-refractivity contribution in [1.29, 1.82) is 0 Å². The van der Waals surface area contributed by atoms with Crippen molar-refractivity contribution < 1.29 is 19.5 Å². The van der Waals surface area contributed by atoms with Crippen LogP contribution in [-0.4, -0.2) is 83.3 Å². The second-order valence-corrected chi connectivity index (χ2v) is 12.1. The molecule has 3 fully saturated rings. The smallest absolute Gasteiger partial charge is 0.245 e. The SMILES string of the molecule is CCCNC(=O)[C@H]1[C@H]2C(=O)N(CCCO)C(C(=O)NCn3nnc4ccccc43)C23CC(Br)[C@@H]1S3. The van der Waals surface area contributed by atoms with Gasteiger partial charge in [-0.15, -0.1) is 16.9 Å². The minimum Gasteiger partial charge on any atom is -0.396 e. The first-order chi connectivity index (χ1) is 16.9. The molecule has 188 valence electrons. The maximum absolute atomic E-state index is 13.7. The molecule has 1 spiro atoms. The maximum atomic E-state index is 13.7. The van der Waals surface area contributed by atoms with Crippen LogP contribution in [0.1, 0.15) is 26.2 Å². The van der Waals surface area contributed by atoms with E-state index in [0.717, 1.165) is 17.5 Å². The van der Waals surface area contributed by atoms with Gasteiger partial charge in [0, 0.05) is 29.8 Å². The third kappa shape index (κ3) is 3.93. The Labute approximate surface area is 215 Å². The van der Waals surface area contributed by atoms with Crippen LogP contribution in [0.4, 0.5) is 0 Å². The Kier molecular flexibility index (Phi) is 6.79. The van der Waals surface area contributed by atoms with Crippen molar-refractivity contribution in [1.82, 2.24) is 30.5 Å². The van der Waals surface area contributed by atoms with E-state index >= 15 is 0 Å². The number of fused-ring (bicyclic) bond motifs is 2. The molecule has 0 saturated carbocycles. The molecule has 3 amide bonds. The molecule has 0 radical (unpaired) electrons. The first-order valence-electron chi connectivity index (χ1n) is 12.0. The highest BCUT2D eigenvalue weighted by atomic mass is 79.9. The summed E-state index contributed by atoms with van der Waals surface area (Å²) in [6, 6.07) is 6.75. The molecule has 6 atom stereocenters. The lowest BCUT2D eigenvalue weighted by Crippen LogP contribution is -2.55. The number of hydrogen-bond donors (Lipinski definition) is 3. The van der Waals surface area contributed by atoms with E-state index in [2.05, 4.69) is 36.9 Å². The maximum Gasteiger partial charge on any atom is 0.245 e. The van der Waals surface area contributed by atoms with Crippen LogP contribution in [0, 0.1) is 11.8 Å². The Hall–Kier alpha value is -2.18. The molecule has 4 heterocycles. The van der Waals surface area contributed by atoms with E-state index in [1.807, 2.05) is 31.2 Å². The van der Waals surface area contributed by atoms with Crippen LogP contribution in [0.5, 0.6) is 0 Å². The molecule has 3 unspecified atom stereocenters. The van der Waals surface area contributed by atoms with Crippen LogP contribution in [0.25, 0.3) is 11.0 Å². The second-order valence-electron chi connectivity index (χ2n) is 9.34. The van der Waals surface area contributed by atoms with Crippen LogP contribution in [0.3, 0.4) is 0 Å². The lowest BCUT2D eigenvalue weighted by atomic mass is 9.70. The molecular formula is C23H29BrN6O4S. The summed E-state index contributed by atoms with van der Waals surface area (Å²) in [6.45, 7) is 2.83. The number of thioether (sulfide) groups is 1. The fraction of sp³-hybridized carbons (Fsp3) is 0.609. The Morgan fingerprint density at radius 1 is 1.29 bits per heavy atom. The average Bonchev–Trinajstić information content (AvgIpc) is 3.57. The Bertz CT molecular complexity index is 1150. The fourth-order valence-electron chi connectivity index (χ4n) is 5.86. The van der Waals surface area contributed by atoms with E-state index in [1.54, 1.807) is 21.3 Å². The van der Waals surface area contributed by atoms with Crippen molar-refractivity contribution in [3.05, 3.63) is 24.3 Å². The third-order valence-electron chi connectivity index (χ3n) is 7.27. The van der Waals surface area contributed by atoms with Gasteiger partial charge in [0.1, 0.15) is 18.2 Å². The number of rotatable bonds is 9. The number of aliphatic hydroxyl groups is 1. The number of aromatic nitrogens is 3. The van der Waals surface area contributed by atoms with Gasteiger partial charge in [0.15, 0.2) is 0 Å². The summed E-state index contributed by atoms with van der Waals surface area (Å²) in [5.74, 6) is -1.63. The first-order valence-corrected chi connectivity index (χ1v) is 13.8. The number of alkyl halides is 1. The monoisotopic (exact) mass is 564 g/mol. The highest BCUT2D eigenvalue weighted by Gasteiger charge is 2.75. The van der Waals surface area contributed by atoms with Crippen molar-refractivity contribution in [3.63, 3.8) is 0 Å². The zero-order valence-electron chi connectivity index (χ0n) is 19.4. The highest BCUT2D eigenvalue weighted by Crippen LogP contribution is 2.67. The predicted molar refractivity (Wildman–Crippen MR) is 135 cm³/mol. The molecule has 1 aromatic heterocycles. The van der Waals surface area contributed by atoms with Gasteiger partial charge in [0.05, 0.1) is 22.1 Å². The molecule has 12 heteroatoms. The van der Waals surface area contributed by atoms with Crippen LogP contribution in [0.2, 0.25) is 0 Å². The van der Waals surface area contributed by atoms with E-state index < -0.39 is 22.6 Å². The van der Waals surface area contributed by atoms with Gasteiger partial charge in [-0.05, 0) is 31.4 Å². The molecule has 2 aromatic rings. The summed E-state index contributed by atoms with van der Waals surface area (Å²) in [6.07, 6.45) is 1.79. The van der Waals surface area contributed by atoms with E-state index in [9.17, 15) is 19.5 Å². The fourth-order valence-corrected chi connectivity index (χ4v) is 9.47. The van der Waals surface area contributed by atoms with Gasteiger partial charge in [0.2, 0.25) is 17.7 Å². The summed E-state index contributed by atoms with van der Waals surface area (Å²) in [7, 11) is 0. The number of nitrogens with one attached hydrogen (secondary N) is 2. The van der Waals surface area contributed by atoms with Gasteiger partial charge < -0.3 is 20.6 Å². The van der Waals surface area contributed by atoms with Crippen molar-refractivity contribution in [2.45, 2.75) is 53.7 Å². The summed E-state index contributed by atoms with van der Waals surface area (Å²) in [5, 5.41) is 23.6. The minimum atomic E-state index is -0.736. The summed E-state index contributed by atoms with van der Waals surface area (Å²) in [5.41, 5.74) is 1.53. The number of aliphatic hydroxyl groups excluding tert-OH is 1. The normalized spacial score (nSPS) is 31.2. The first kappa shape index (κ1) is 24.5. The number of likely N-dealkylation sites (tertiary alicyclic amines) is 1. The molecular weight excluding hydrogens is 536 g/mol. The molecule has 3 aliphatic rings. The molecule has 1 aromatic carbocycles.